The quantitative estimate of drug-likeness (QED) is 0.399. The molecule has 1 atom stereocenters. The molecule has 1 saturated heterocycles. The third kappa shape index (κ3) is 4.24. The summed E-state index contributed by atoms with van der Waals surface area (Å²) in [4.78, 5) is 28.7. The monoisotopic (exact) mass is 408 g/mol. The number of nitrogens with one attached hydrogen (secondary N) is 1. The SMILES string of the molecule is CC[NH+](CC)CCN1C(=O)C(=O)C(=C([O-])c2ccccc2)C1c1ccc(OC)cc1. The van der Waals surface area contributed by atoms with Crippen molar-refractivity contribution in [2.24, 2.45) is 0 Å². The number of hydrogen-bond donors (Lipinski definition) is 1. The van der Waals surface area contributed by atoms with E-state index in [-0.39, 0.29) is 5.57 Å². The average molecular weight is 408 g/mol. The van der Waals surface area contributed by atoms with Crippen LogP contribution in [0.25, 0.3) is 5.76 Å². The fourth-order valence-corrected chi connectivity index (χ4v) is 3.86. The van der Waals surface area contributed by atoms with E-state index in [0.717, 1.165) is 18.7 Å². The number of amides is 1. The number of likely N-dealkylation sites (tertiary alicyclic amines) is 1. The number of likely N-dealkylation sites (N-methyl/N-ethyl adjacent to an activating group) is 1. The van der Waals surface area contributed by atoms with E-state index in [4.69, 9.17) is 4.74 Å². The lowest BCUT2D eigenvalue weighted by Crippen LogP contribution is -3.12. The number of carbonyl (C=O) groups excluding carboxylic acids is 2. The zero-order chi connectivity index (χ0) is 21.7. The Morgan fingerprint density at radius 3 is 2.23 bits per heavy atom. The Bertz CT molecular complexity index is 918. The Hall–Kier alpha value is -3.12. The molecular weight excluding hydrogens is 380 g/mol. The van der Waals surface area contributed by atoms with Crippen molar-refractivity contribution in [3.8, 4) is 5.75 Å². The maximum Gasteiger partial charge on any atom is 0.295 e. The van der Waals surface area contributed by atoms with Gasteiger partial charge in [0.05, 0.1) is 39.3 Å². The third-order valence-corrected chi connectivity index (χ3v) is 5.70. The largest absolute Gasteiger partial charge is 0.872 e. The zero-order valence-corrected chi connectivity index (χ0v) is 17.7. The number of ether oxygens (including phenoxy) is 1. The van der Waals surface area contributed by atoms with Gasteiger partial charge in [0.2, 0.25) is 5.78 Å². The van der Waals surface area contributed by atoms with Crippen molar-refractivity contribution in [3.63, 3.8) is 0 Å². The average Bonchev–Trinajstić information content (AvgIpc) is 3.04. The van der Waals surface area contributed by atoms with Crippen molar-refractivity contribution in [2.45, 2.75) is 19.9 Å². The predicted molar refractivity (Wildman–Crippen MR) is 113 cm³/mol. The smallest absolute Gasteiger partial charge is 0.295 e. The van der Waals surface area contributed by atoms with Gasteiger partial charge in [0.25, 0.3) is 5.91 Å². The van der Waals surface area contributed by atoms with Crippen LogP contribution < -0.4 is 14.7 Å². The van der Waals surface area contributed by atoms with Crippen LogP contribution in [0.3, 0.4) is 0 Å². The summed E-state index contributed by atoms with van der Waals surface area (Å²) in [5.74, 6) is -1.04. The van der Waals surface area contributed by atoms with Crippen molar-refractivity contribution in [2.75, 3.05) is 33.3 Å². The Kier molecular flexibility index (Phi) is 6.90. The molecular formula is C24H28N2O4. The molecule has 1 aliphatic rings. The molecule has 1 amide bonds. The van der Waals surface area contributed by atoms with Crippen LogP contribution in [0.1, 0.15) is 31.0 Å². The first kappa shape index (κ1) is 21.6. The molecule has 1 unspecified atom stereocenters. The number of hydrogen-bond acceptors (Lipinski definition) is 4. The lowest BCUT2D eigenvalue weighted by Gasteiger charge is -2.28. The van der Waals surface area contributed by atoms with Crippen molar-refractivity contribution in [1.29, 1.82) is 0 Å². The molecule has 1 heterocycles. The maximum atomic E-state index is 13.2. The van der Waals surface area contributed by atoms with Crippen LogP contribution in [0, 0.1) is 0 Å². The van der Waals surface area contributed by atoms with Gasteiger partial charge in [0.15, 0.2) is 0 Å². The Balaban J connectivity index is 2.07. The molecule has 2 aromatic carbocycles. The van der Waals surface area contributed by atoms with Gasteiger partial charge >= 0.3 is 0 Å². The van der Waals surface area contributed by atoms with Gasteiger partial charge in [-0.05, 0) is 37.1 Å². The number of benzene rings is 2. The molecule has 1 aliphatic heterocycles. The summed E-state index contributed by atoms with van der Waals surface area (Å²) in [6.07, 6.45) is 0. The first-order valence-electron chi connectivity index (χ1n) is 10.3. The number of rotatable bonds is 8. The van der Waals surface area contributed by atoms with Crippen LogP contribution in [0.2, 0.25) is 0 Å². The highest BCUT2D eigenvalue weighted by Gasteiger charge is 2.44. The fraction of sp³-hybridized carbons (Fsp3) is 0.333. The van der Waals surface area contributed by atoms with Gasteiger partial charge in [0, 0.05) is 5.57 Å². The molecule has 6 heteroatoms. The molecule has 3 rings (SSSR count). The van der Waals surface area contributed by atoms with Crippen LogP contribution >= 0.6 is 0 Å². The minimum absolute atomic E-state index is 0.0194. The molecule has 158 valence electrons. The second-order valence-corrected chi connectivity index (χ2v) is 7.32. The molecule has 1 N–H and O–H groups in total. The Morgan fingerprint density at radius 2 is 1.67 bits per heavy atom. The van der Waals surface area contributed by atoms with Crippen molar-refractivity contribution in [3.05, 3.63) is 71.3 Å². The fourth-order valence-electron chi connectivity index (χ4n) is 3.86. The summed E-state index contributed by atoms with van der Waals surface area (Å²) >= 11 is 0. The Labute approximate surface area is 177 Å². The third-order valence-electron chi connectivity index (χ3n) is 5.70. The van der Waals surface area contributed by atoms with E-state index in [1.54, 1.807) is 48.4 Å². The molecule has 0 aromatic heterocycles. The van der Waals surface area contributed by atoms with Gasteiger partial charge in [0.1, 0.15) is 5.75 Å². The lowest BCUT2D eigenvalue weighted by atomic mass is 9.95. The normalized spacial score (nSPS) is 18.3. The van der Waals surface area contributed by atoms with Gasteiger partial charge in [-0.1, -0.05) is 48.2 Å². The van der Waals surface area contributed by atoms with Gasteiger partial charge in [-0.15, -0.1) is 0 Å². The van der Waals surface area contributed by atoms with Gasteiger partial charge < -0.3 is 19.6 Å². The van der Waals surface area contributed by atoms with Crippen LogP contribution in [-0.4, -0.2) is 49.9 Å². The van der Waals surface area contributed by atoms with Gasteiger partial charge in [-0.3, -0.25) is 9.59 Å². The van der Waals surface area contributed by atoms with Crippen molar-refractivity contribution >= 4 is 17.4 Å². The highest BCUT2D eigenvalue weighted by atomic mass is 16.5. The molecule has 0 spiro atoms. The van der Waals surface area contributed by atoms with Crippen molar-refractivity contribution < 1.29 is 24.3 Å². The molecule has 30 heavy (non-hydrogen) atoms. The molecule has 1 fully saturated rings. The van der Waals surface area contributed by atoms with Crippen LogP contribution in [0.5, 0.6) is 5.75 Å². The number of nitrogens with zero attached hydrogens (tertiary/aromatic N) is 1. The zero-order valence-electron chi connectivity index (χ0n) is 17.7. The maximum absolute atomic E-state index is 13.2. The minimum Gasteiger partial charge on any atom is -0.872 e. The van der Waals surface area contributed by atoms with E-state index in [1.807, 2.05) is 18.2 Å². The molecule has 6 nitrogen and oxygen atoms in total. The van der Waals surface area contributed by atoms with Gasteiger partial charge in [-0.25, -0.2) is 0 Å². The summed E-state index contributed by atoms with van der Waals surface area (Å²) in [5, 5.41) is 13.2. The first-order valence-corrected chi connectivity index (χ1v) is 10.3. The second-order valence-electron chi connectivity index (χ2n) is 7.32. The molecule has 0 saturated carbocycles. The number of ketones is 1. The van der Waals surface area contributed by atoms with Gasteiger partial charge in [-0.2, -0.15) is 0 Å². The highest BCUT2D eigenvalue weighted by molar-refractivity contribution is 6.46. The summed E-state index contributed by atoms with van der Waals surface area (Å²) in [6.45, 7) is 7.16. The Morgan fingerprint density at radius 1 is 1.03 bits per heavy atom. The van der Waals surface area contributed by atoms with E-state index in [2.05, 4.69) is 13.8 Å². The summed E-state index contributed by atoms with van der Waals surface area (Å²) in [7, 11) is 1.58. The van der Waals surface area contributed by atoms with Crippen LogP contribution in [-0.2, 0) is 9.59 Å². The van der Waals surface area contributed by atoms with E-state index in [1.165, 1.54) is 4.90 Å². The van der Waals surface area contributed by atoms with Crippen LogP contribution in [0.4, 0.5) is 0 Å². The standard InChI is InChI=1S/C24H28N2O4/c1-4-25(5-2)15-16-26-21(17-11-13-19(30-3)14-12-17)20(23(28)24(26)29)22(27)18-9-7-6-8-10-18/h6-14,21,27H,4-5,15-16H2,1-3H3. The minimum atomic E-state index is -0.709. The van der Waals surface area contributed by atoms with E-state index >= 15 is 0 Å². The number of carbonyl (C=O) groups is 2. The highest BCUT2D eigenvalue weighted by Crippen LogP contribution is 2.38. The van der Waals surface area contributed by atoms with E-state index in [0.29, 0.717) is 24.4 Å². The summed E-state index contributed by atoms with van der Waals surface area (Å²) in [5.41, 5.74) is 1.15. The lowest BCUT2D eigenvalue weighted by molar-refractivity contribution is -0.895. The first-order chi connectivity index (χ1) is 14.5. The predicted octanol–water partition coefficient (Wildman–Crippen LogP) is 0.844. The number of methoxy groups -OCH3 is 1. The molecule has 0 bridgehead atoms. The molecule has 0 radical (unpaired) electrons. The van der Waals surface area contributed by atoms with E-state index in [9.17, 15) is 14.7 Å². The van der Waals surface area contributed by atoms with Crippen molar-refractivity contribution in [1.82, 2.24) is 4.90 Å². The molecule has 0 aliphatic carbocycles. The number of quaternary nitrogens is 1. The summed E-state index contributed by atoms with van der Waals surface area (Å²) < 4.78 is 5.23. The van der Waals surface area contributed by atoms with E-state index < -0.39 is 23.5 Å². The molecule has 2 aromatic rings. The van der Waals surface area contributed by atoms with Crippen LogP contribution in [0.15, 0.2) is 60.2 Å². The number of Topliss-reactive ketones (excluding diaryl/α,β-unsaturated/α-hetero) is 1. The summed E-state index contributed by atoms with van der Waals surface area (Å²) in [6, 6.07) is 15.1. The second kappa shape index (κ2) is 9.59. The topological polar surface area (TPSA) is 74.1 Å².